The monoisotopic (exact) mass is 457 g/mol. The van der Waals surface area contributed by atoms with Gasteiger partial charge in [-0.1, -0.05) is 6.07 Å². The first-order valence-electron chi connectivity index (χ1n) is 10.3. The molecule has 1 saturated heterocycles. The summed E-state index contributed by atoms with van der Waals surface area (Å²) < 4.78 is 35.6. The molecule has 1 fully saturated rings. The number of ether oxygens (including phenoxy) is 1. The second-order valence-corrected chi connectivity index (χ2v) is 9.61. The van der Waals surface area contributed by atoms with Gasteiger partial charge in [0.2, 0.25) is 10.0 Å². The Bertz CT molecular complexity index is 1230. The Morgan fingerprint density at radius 1 is 1.31 bits per heavy atom. The molecule has 4 N–H and O–H groups in total. The number of hydrogen-bond acceptors (Lipinski definition) is 8. The SMILES string of the molecule is Cc1ccc(S(=O)(=O)NCC2COCCN2)cc1-c1cnc(N)c(-c2cn(C)nc2C)n1. The van der Waals surface area contributed by atoms with Crippen LogP contribution in [0.25, 0.3) is 22.5 Å². The molecule has 3 aromatic rings. The molecule has 0 amide bonds. The van der Waals surface area contributed by atoms with E-state index in [1.54, 1.807) is 29.1 Å². The lowest BCUT2D eigenvalue weighted by atomic mass is 10.1. The quantitative estimate of drug-likeness (QED) is 0.499. The van der Waals surface area contributed by atoms with Crippen LogP contribution in [0.3, 0.4) is 0 Å². The van der Waals surface area contributed by atoms with Crippen LogP contribution in [-0.2, 0) is 21.8 Å². The van der Waals surface area contributed by atoms with E-state index in [0.29, 0.717) is 36.7 Å². The van der Waals surface area contributed by atoms with Gasteiger partial charge in [-0.15, -0.1) is 0 Å². The number of aryl methyl sites for hydroxylation is 3. The van der Waals surface area contributed by atoms with E-state index in [4.69, 9.17) is 15.5 Å². The first-order chi connectivity index (χ1) is 15.2. The number of nitrogens with two attached hydrogens (primary N) is 1. The van der Waals surface area contributed by atoms with Gasteiger partial charge in [0.05, 0.1) is 35.7 Å². The van der Waals surface area contributed by atoms with E-state index < -0.39 is 10.0 Å². The van der Waals surface area contributed by atoms with Crippen LogP contribution in [-0.4, -0.2) is 60.5 Å². The van der Waals surface area contributed by atoms with Crippen LogP contribution in [0.2, 0.25) is 0 Å². The molecule has 11 heteroatoms. The summed E-state index contributed by atoms with van der Waals surface area (Å²) in [6.07, 6.45) is 3.39. The predicted molar refractivity (Wildman–Crippen MR) is 121 cm³/mol. The van der Waals surface area contributed by atoms with E-state index in [1.807, 2.05) is 27.1 Å². The van der Waals surface area contributed by atoms with Crippen LogP contribution in [0, 0.1) is 13.8 Å². The van der Waals surface area contributed by atoms with E-state index in [-0.39, 0.29) is 23.3 Å². The summed E-state index contributed by atoms with van der Waals surface area (Å²) in [5, 5.41) is 7.58. The minimum atomic E-state index is -3.71. The minimum absolute atomic E-state index is 0.0586. The highest BCUT2D eigenvalue weighted by Crippen LogP contribution is 2.30. The lowest BCUT2D eigenvalue weighted by Crippen LogP contribution is -2.48. The number of nitrogens with one attached hydrogen (secondary N) is 2. The summed E-state index contributed by atoms with van der Waals surface area (Å²) in [4.78, 5) is 9.17. The molecule has 10 nitrogen and oxygen atoms in total. The Kier molecular flexibility index (Phi) is 6.24. The third kappa shape index (κ3) is 4.65. The number of hydrogen-bond donors (Lipinski definition) is 3. The van der Waals surface area contributed by atoms with Crippen LogP contribution in [0.1, 0.15) is 11.3 Å². The summed E-state index contributed by atoms with van der Waals surface area (Å²) in [6, 6.07) is 4.90. The van der Waals surface area contributed by atoms with Gasteiger partial charge in [-0.05, 0) is 31.5 Å². The molecule has 1 aliphatic heterocycles. The Morgan fingerprint density at radius 2 is 2.12 bits per heavy atom. The maximum Gasteiger partial charge on any atom is 0.240 e. The molecule has 0 radical (unpaired) electrons. The molecule has 32 heavy (non-hydrogen) atoms. The Hall–Kier alpha value is -2.86. The van der Waals surface area contributed by atoms with Gasteiger partial charge in [0.15, 0.2) is 0 Å². The van der Waals surface area contributed by atoms with E-state index in [1.165, 1.54) is 0 Å². The van der Waals surface area contributed by atoms with E-state index in [9.17, 15) is 8.42 Å². The normalized spacial score (nSPS) is 16.9. The van der Waals surface area contributed by atoms with Crippen molar-refractivity contribution in [1.82, 2.24) is 29.8 Å². The number of rotatable bonds is 6. The highest BCUT2D eigenvalue weighted by molar-refractivity contribution is 7.89. The van der Waals surface area contributed by atoms with E-state index in [2.05, 4.69) is 20.1 Å². The maximum absolute atomic E-state index is 12.9. The van der Waals surface area contributed by atoms with Crippen LogP contribution in [0.15, 0.2) is 35.5 Å². The van der Waals surface area contributed by atoms with Crippen LogP contribution in [0.5, 0.6) is 0 Å². The molecule has 0 spiro atoms. The van der Waals surface area contributed by atoms with Crippen LogP contribution in [0.4, 0.5) is 5.82 Å². The van der Waals surface area contributed by atoms with Gasteiger partial charge in [-0.25, -0.2) is 23.1 Å². The summed E-state index contributed by atoms with van der Waals surface area (Å²) >= 11 is 0. The number of benzene rings is 1. The van der Waals surface area contributed by atoms with Crippen molar-refractivity contribution < 1.29 is 13.2 Å². The number of anilines is 1. The van der Waals surface area contributed by atoms with Crippen molar-refractivity contribution in [3.8, 4) is 22.5 Å². The van der Waals surface area contributed by atoms with Crippen molar-refractivity contribution in [1.29, 1.82) is 0 Å². The third-order valence-electron chi connectivity index (χ3n) is 5.38. The first-order valence-corrected chi connectivity index (χ1v) is 11.8. The lowest BCUT2D eigenvalue weighted by Gasteiger charge is -2.24. The fraction of sp³-hybridized carbons (Fsp3) is 0.381. The maximum atomic E-state index is 12.9. The zero-order valence-electron chi connectivity index (χ0n) is 18.3. The first kappa shape index (κ1) is 22.3. The molecule has 1 unspecified atom stereocenters. The highest BCUT2D eigenvalue weighted by atomic mass is 32.2. The second-order valence-electron chi connectivity index (χ2n) is 7.85. The largest absolute Gasteiger partial charge is 0.382 e. The van der Waals surface area contributed by atoms with Crippen molar-refractivity contribution in [2.45, 2.75) is 24.8 Å². The zero-order valence-corrected chi connectivity index (χ0v) is 19.1. The van der Waals surface area contributed by atoms with Crippen molar-refractivity contribution in [3.05, 3.63) is 41.9 Å². The molecule has 0 saturated carbocycles. The average molecular weight is 458 g/mol. The highest BCUT2D eigenvalue weighted by Gasteiger charge is 2.21. The number of sulfonamides is 1. The summed E-state index contributed by atoms with van der Waals surface area (Å²) in [7, 11) is -1.89. The van der Waals surface area contributed by atoms with Gasteiger partial charge >= 0.3 is 0 Å². The molecule has 1 aromatic carbocycles. The molecule has 0 aliphatic carbocycles. The average Bonchev–Trinajstić information content (AvgIpc) is 3.11. The van der Waals surface area contributed by atoms with Gasteiger partial charge in [0.25, 0.3) is 0 Å². The molecular weight excluding hydrogens is 430 g/mol. The van der Waals surface area contributed by atoms with Crippen molar-refractivity contribution in [2.24, 2.45) is 7.05 Å². The smallest absolute Gasteiger partial charge is 0.240 e. The molecule has 170 valence electrons. The van der Waals surface area contributed by atoms with E-state index in [0.717, 1.165) is 16.8 Å². The minimum Gasteiger partial charge on any atom is -0.382 e. The van der Waals surface area contributed by atoms with Gasteiger partial charge in [0.1, 0.15) is 11.5 Å². The number of aromatic nitrogens is 4. The predicted octanol–water partition coefficient (Wildman–Crippen LogP) is 1.01. The molecule has 1 aliphatic rings. The van der Waals surface area contributed by atoms with Crippen molar-refractivity contribution in [2.75, 3.05) is 32.0 Å². The Morgan fingerprint density at radius 3 is 2.81 bits per heavy atom. The summed E-state index contributed by atoms with van der Waals surface area (Å²) in [6.45, 7) is 5.83. The molecule has 3 heterocycles. The van der Waals surface area contributed by atoms with E-state index >= 15 is 0 Å². The third-order valence-corrected chi connectivity index (χ3v) is 6.80. The molecule has 2 aromatic heterocycles. The van der Waals surface area contributed by atoms with Crippen LogP contribution >= 0.6 is 0 Å². The Balaban J connectivity index is 1.65. The Labute approximate surface area is 187 Å². The van der Waals surface area contributed by atoms with Crippen LogP contribution < -0.4 is 15.8 Å². The van der Waals surface area contributed by atoms with Gasteiger partial charge in [-0.2, -0.15) is 5.10 Å². The lowest BCUT2D eigenvalue weighted by molar-refractivity contribution is 0.0784. The number of nitrogens with zero attached hydrogens (tertiary/aromatic N) is 4. The number of nitrogen functional groups attached to an aromatic ring is 1. The standard InChI is InChI=1S/C21H27N7O3S/c1-13-4-5-16(32(29,30)25-9-15-12-31-7-6-23-15)8-17(13)19-10-24-21(22)20(26-19)18-11-28(3)27-14(18)2/h4-5,8,10-11,15,23,25H,6-7,9,12H2,1-3H3,(H2,22,24). The summed E-state index contributed by atoms with van der Waals surface area (Å²) in [5.41, 5.74) is 10.3. The van der Waals surface area contributed by atoms with Gasteiger partial charge < -0.3 is 15.8 Å². The summed E-state index contributed by atoms with van der Waals surface area (Å²) in [5.74, 6) is 0.287. The molecular formula is C21H27N7O3S. The van der Waals surface area contributed by atoms with Crippen molar-refractivity contribution >= 4 is 15.8 Å². The number of morpholine rings is 1. The van der Waals surface area contributed by atoms with Gasteiger partial charge in [0, 0.05) is 43.5 Å². The molecule has 4 rings (SSSR count). The topological polar surface area (TPSA) is 137 Å². The molecule has 1 atom stereocenters. The zero-order chi connectivity index (χ0) is 22.9. The fourth-order valence-corrected chi connectivity index (χ4v) is 4.75. The van der Waals surface area contributed by atoms with Gasteiger partial charge in [-0.3, -0.25) is 4.68 Å². The fourth-order valence-electron chi connectivity index (χ4n) is 3.65. The van der Waals surface area contributed by atoms with Crippen molar-refractivity contribution in [3.63, 3.8) is 0 Å². The molecule has 0 bridgehead atoms. The second kappa shape index (κ2) is 8.94.